The third-order valence-corrected chi connectivity index (χ3v) is 4.43. The molecule has 0 unspecified atom stereocenters. The first-order chi connectivity index (χ1) is 12.1. The molecule has 0 atom stereocenters. The lowest BCUT2D eigenvalue weighted by Gasteiger charge is -2.24. The Hall–Kier alpha value is -2.79. The van der Waals surface area contributed by atoms with Crippen molar-refractivity contribution in [2.75, 3.05) is 22.5 Å². The molecule has 0 amide bonds. The number of nitrogen functional groups attached to an aromatic ring is 1. The van der Waals surface area contributed by atoms with Gasteiger partial charge in [0.1, 0.15) is 12.0 Å². The number of halogens is 1. The van der Waals surface area contributed by atoms with Gasteiger partial charge in [0, 0.05) is 22.9 Å². The van der Waals surface area contributed by atoms with Crippen molar-refractivity contribution < 1.29 is 0 Å². The molecule has 2 aromatic carbocycles. The average Bonchev–Trinajstić information content (AvgIpc) is 2.63. The summed E-state index contributed by atoms with van der Waals surface area (Å²) in [6, 6.07) is 15.7. The van der Waals surface area contributed by atoms with Crippen LogP contribution in [-0.2, 0) is 0 Å². The highest BCUT2D eigenvalue weighted by Gasteiger charge is 2.16. The minimum Gasteiger partial charge on any atom is -0.393 e. The summed E-state index contributed by atoms with van der Waals surface area (Å²) in [7, 11) is 0. The minimum absolute atomic E-state index is 0.493. The van der Waals surface area contributed by atoms with Crippen LogP contribution >= 0.6 is 11.6 Å². The number of hydrogen-bond acceptors (Lipinski definition) is 5. The molecule has 0 aliphatic carbocycles. The number of aromatic nitrogens is 2. The Morgan fingerprint density at radius 2 is 1.84 bits per heavy atom. The van der Waals surface area contributed by atoms with Gasteiger partial charge in [-0.05, 0) is 43.7 Å². The van der Waals surface area contributed by atoms with Crippen molar-refractivity contribution in [1.82, 2.24) is 9.97 Å². The molecule has 128 valence electrons. The van der Waals surface area contributed by atoms with Gasteiger partial charge in [0.25, 0.3) is 0 Å². The lowest BCUT2D eigenvalue weighted by Crippen LogP contribution is -2.19. The fourth-order valence-corrected chi connectivity index (χ4v) is 2.81. The number of hydrogen-bond donors (Lipinski definition) is 2. The molecule has 0 spiro atoms. The second kappa shape index (κ2) is 7.40. The van der Waals surface area contributed by atoms with Crippen molar-refractivity contribution >= 4 is 40.3 Å². The van der Waals surface area contributed by atoms with E-state index in [0.29, 0.717) is 22.3 Å². The average molecular weight is 354 g/mol. The monoisotopic (exact) mass is 353 g/mol. The van der Waals surface area contributed by atoms with Gasteiger partial charge in [0.2, 0.25) is 0 Å². The van der Waals surface area contributed by atoms with Crippen molar-refractivity contribution in [1.29, 1.82) is 0 Å². The predicted molar refractivity (Wildman–Crippen MR) is 105 cm³/mol. The zero-order chi connectivity index (χ0) is 17.8. The normalized spacial score (nSPS) is 10.5. The molecule has 0 radical (unpaired) electrons. The second-order valence-corrected chi connectivity index (χ2v) is 5.98. The molecule has 0 fully saturated rings. The van der Waals surface area contributed by atoms with Crippen molar-refractivity contribution in [3.8, 4) is 0 Å². The standard InChI is InChI=1S/C19H20ClN5/c1-3-25(14-8-5-4-6-9-14)19-17(21)18(22-12-23-19)24-16-11-7-10-15(20)13(16)2/h4-12H,3,21H2,1-2H3,(H,22,23,24). The summed E-state index contributed by atoms with van der Waals surface area (Å²) in [5.41, 5.74) is 9.70. The highest BCUT2D eigenvalue weighted by molar-refractivity contribution is 6.31. The van der Waals surface area contributed by atoms with Crippen LogP contribution in [0.3, 0.4) is 0 Å². The van der Waals surface area contributed by atoms with Crippen molar-refractivity contribution in [3.05, 3.63) is 65.4 Å². The molecule has 6 heteroatoms. The largest absolute Gasteiger partial charge is 0.393 e. The summed E-state index contributed by atoms with van der Waals surface area (Å²) in [5, 5.41) is 3.96. The van der Waals surface area contributed by atoms with E-state index in [0.717, 1.165) is 23.5 Å². The van der Waals surface area contributed by atoms with Crippen LogP contribution in [0, 0.1) is 6.92 Å². The topological polar surface area (TPSA) is 67.1 Å². The summed E-state index contributed by atoms with van der Waals surface area (Å²) < 4.78 is 0. The zero-order valence-electron chi connectivity index (χ0n) is 14.2. The molecule has 1 aromatic heterocycles. The van der Waals surface area contributed by atoms with Gasteiger partial charge in [0.15, 0.2) is 11.6 Å². The van der Waals surface area contributed by atoms with Crippen LogP contribution in [0.4, 0.5) is 28.7 Å². The Morgan fingerprint density at radius 1 is 1.08 bits per heavy atom. The number of benzene rings is 2. The Morgan fingerprint density at radius 3 is 2.56 bits per heavy atom. The number of para-hydroxylation sites is 1. The van der Waals surface area contributed by atoms with Gasteiger partial charge in [-0.3, -0.25) is 0 Å². The number of rotatable bonds is 5. The fourth-order valence-electron chi connectivity index (χ4n) is 2.63. The third-order valence-electron chi connectivity index (χ3n) is 4.02. The van der Waals surface area contributed by atoms with E-state index >= 15 is 0 Å². The van der Waals surface area contributed by atoms with Gasteiger partial charge in [-0.2, -0.15) is 0 Å². The summed E-state index contributed by atoms with van der Waals surface area (Å²) in [6.07, 6.45) is 1.51. The number of nitrogens with zero attached hydrogens (tertiary/aromatic N) is 3. The van der Waals surface area contributed by atoms with Crippen LogP contribution in [0.15, 0.2) is 54.9 Å². The molecule has 0 bridgehead atoms. The molecule has 25 heavy (non-hydrogen) atoms. The molecule has 0 saturated heterocycles. The van der Waals surface area contributed by atoms with Crippen molar-refractivity contribution in [2.45, 2.75) is 13.8 Å². The molecule has 0 aliphatic rings. The number of nitrogens with two attached hydrogens (primary N) is 1. The van der Waals surface area contributed by atoms with Gasteiger partial charge in [-0.25, -0.2) is 9.97 Å². The first-order valence-corrected chi connectivity index (χ1v) is 8.44. The first-order valence-electron chi connectivity index (χ1n) is 8.07. The molecule has 3 aromatic rings. The highest BCUT2D eigenvalue weighted by atomic mass is 35.5. The van der Waals surface area contributed by atoms with Gasteiger partial charge in [0.05, 0.1) is 0 Å². The van der Waals surface area contributed by atoms with E-state index in [-0.39, 0.29) is 0 Å². The van der Waals surface area contributed by atoms with Crippen LogP contribution in [0.1, 0.15) is 12.5 Å². The molecule has 3 rings (SSSR count). The van der Waals surface area contributed by atoms with Gasteiger partial charge in [-0.1, -0.05) is 35.9 Å². The maximum absolute atomic E-state index is 6.37. The Bertz CT molecular complexity index is 867. The van der Waals surface area contributed by atoms with E-state index in [9.17, 15) is 0 Å². The van der Waals surface area contributed by atoms with Gasteiger partial charge >= 0.3 is 0 Å². The van der Waals surface area contributed by atoms with E-state index in [1.165, 1.54) is 6.33 Å². The molecular weight excluding hydrogens is 334 g/mol. The SMILES string of the molecule is CCN(c1ccccc1)c1ncnc(Nc2cccc(Cl)c2C)c1N. The second-order valence-electron chi connectivity index (χ2n) is 5.58. The lowest BCUT2D eigenvalue weighted by molar-refractivity contribution is 0.980. The molecule has 3 N–H and O–H groups in total. The molecule has 0 aliphatic heterocycles. The van der Waals surface area contributed by atoms with Crippen LogP contribution in [0.2, 0.25) is 5.02 Å². The zero-order valence-corrected chi connectivity index (χ0v) is 15.0. The van der Waals surface area contributed by atoms with E-state index in [4.69, 9.17) is 17.3 Å². The van der Waals surface area contributed by atoms with E-state index in [1.807, 2.05) is 60.4 Å². The molecule has 5 nitrogen and oxygen atoms in total. The van der Waals surface area contributed by atoms with Crippen molar-refractivity contribution in [2.24, 2.45) is 0 Å². The smallest absolute Gasteiger partial charge is 0.161 e. The molecular formula is C19H20ClN5. The van der Waals surface area contributed by atoms with Gasteiger partial charge in [-0.15, -0.1) is 0 Å². The maximum Gasteiger partial charge on any atom is 0.161 e. The highest BCUT2D eigenvalue weighted by Crippen LogP contribution is 2.34. The quantitative estimate of drug-likeness (QED) is 0.681. The summed E-state index contributed by atoms with van der Waals surface area (Å²) >= 11 is 6.19. The Labute approximate surface area is 152 Å². The fraction of sp³-hybridized carbons (Fsp3) is 0.158. The Kier molecular flexibility index (Phi) is 5.05. The molecule has 0 saturated carbocycles. The van der Waals surface area contributed by atoms with E-state index in [2.05, 4.69) is 22.2 Å². The van der Waals surface area contributed by atoms with Crippen LogP contribution < -0.4 is 16.0 Å². The number of nitrogens with one attached hydrogen (secondary N) is 1. The van der Waals surface area contributed by atoms with Gasteiger partial charge < -0.3 is 16.0 Å². The van der Waals surface area contributed by atoms with E-state index in [1.54, 1.807) is 0 Å². The van der Waals surface area contributed by atoms with Crippen LogP contribution in [-0.4, -0.2) is 16.5 Å². The summed E-state index contributed by atoms with van der Waals surface area (Å²) in [5.74, 6) is 1.23. The Balaban J connectivity index is 1.98. The van der Waals surface area contributed by atoms with Crippen LogP contribution in [0.5, 0.6) is 0 Å². The predicted octanol–water partition coefficient (Wildman–Crippen LogP) is 4.92. The summed E-state index contributed by atoms with van der Waals surface area (Å²) in [6.45, 7) is 4.74. The number of anilines is 5. The van der Waals surface area contributed by atoms with Crippen molar-refractivity contribution in [3.63, 3.8) is 0 Å². The first kappa shape index (κ1) is 17.0. The summed E-state index contributed by atoms with van der Waals surface area (Å²) in [4.78, 5) is 10.7. The lowest BCUT2D eigenvalue weighted by atomic mass is 10.2. The minimum atomic E-state index is 0.493. The molecule has 1 heterocycles. The van der Waals surface area contributed by atoms with Crippen LogP contribution in [0.25, 0.3) is 0 Å². The third kappa shape index (κ3) is 3.51. The van der Waals surface area contributed by atoms with E-state index < -0.39 is 0 Å². The maximum atomic E-state index is 6.37.